The zero-order valence-corrected chi connectivity index (χ0v) is 31.0. The first-order chi connectivity index (χ1) is 23.7. The maximum absolute atomic E-state index is 5.92. The summed E-state index contributed by atoms with van der Waals surface area (Å²) >= 11 is 0. The van der Waals surface area contributed by atoms with E-state index in [4.69, 9.17) is 19.5 Å². The lowest BCUT2D eigenvalue weighted by molar-refractivity contribution is 0.242. The van der Waals surface area contributed by atoms with Gasteiger partial charge in [-0.2, -0.15) is 0 Å². The molecule has 0 radical (unpaired) electrons. The van der Waals surface area contributed by atoms with Gasteiger partial charge in [0.2, 0.25) is 0 Å². The Morgan fingerprint density at radius 1 is 0.980 bits per heavy atom. The first kappa shape index (κ1) is 35.0. The van der Waals surface area contributed by atoms with Crippen molar-refractivity contribution in [3.63, 3.8) is 0 Å². The molecule has 0 aromatic heterocycles. The predicted molar refractivity (Wildman–Crippen MR) is 205 cm³/mol. The average molecular weight is 660 g/mol. The van der Waals surface area contributed by atoms with Gasteiger partial charge in [0.25, 0.3) is 0 Å². The Kier molecular flexibility index (Phi) is 11.3. The minimum absolute atomic E-state index is 0.180. The lowest BCUT2D eigenvalue weighted by Crippen LogP contribution is -2.38. The van der Waals surface area contributed by atoms with Crippen LogP contribution in [0.4, 0.5) is 0 Å². The molecule has 6 rings (SSSR count). The first-order valence-electron chi connectivity index (χ1n) is 18.8. The van der Waals surface area contributed by atoms with Crippen molar-refractivity contribution in [2.75, 3.05) is 20.2 Å². The van der Waals surface area contributed by atoms with Gasteiger partial charge in [-0.1, -0.05) is 61.8 Å². The molecule has 0 N–H and O–H groups in total. The zero-order valence-electron chi connectivity index (χ0n) is 31.0. The van der Waals surface area contributed by atoms with Crippen LogP contribution in [-0.4, -0.2) is 42.8 Å². The molecule has 5 heteroatoms. The van der Waals surface area contributed by atoms with Crippen LogP contribution in [0.25, 0.3) is 0 Å². The molecule has 5 nitrogen and oxygen atoms in total. The monoisotopic (exact) mass is 659 g/mol. The van der Waals surface area contributed by atoms with Gasteiger partial charge in [0.1, 0.15) is 11.6 Å². The fourth-order valence-corrected chi connectivity index (χ4v) is 8.29. The number of benzene rings is 1. The third-order valence-electron chi connectivity index (χ3n) is 11.1. The summed E-state index contributed by atoms with van der Waals surface area (Å²) in [6.45, 7) is 15.4. The van der Waals surface area contributed by atoms with Crippen LogP contribution >= 0.6 is 0 Å². The van der Waals surface area contributed by atoms with Crippen molar-refractivity contribution in [1.82, 2.24) is 4.90 Å². The summed E-state index contributed by atoms with van der Waals surface area (Å²) in [6, 6.07) is 8.75. The number of hydrogen-bond donors (Lipinski definition) is 0. The molecule has 3 heterocycles. The van der Waals surface area contributed by atoms with Crippen molar-refractivity contribution >= 4 is 11.5 Å². The molecule has 49 heavy (non-hydrogen) atoms. The number of methoxy groups -OCH3 is 1. The van der Waals surface area contributed by atoms with E-state index < -0.39 is 0 Å². The highest BCUT2D eigenvalue weighted by atomic mass is 16.5. The molecule has 1 aromatic carbocycles. The van der Waals surface area contributed by atoms with Gasteiger partial charge in [0, 0.05) is 48.6 Å². The molecule has 1 fully saturated rings. The lowest BCUT2D eigenvalue weighted by atomic mass is 9.76. The second-order valence-electron chi connectivity index (χ2n) is 14.9. The minimum atomic E-state index is 0.180. The van der Waals surface area contributed by atoms with Crippen LogP contribution in [0.1, 0.15) is 111 Å². The molecular weight excluding hydrogens is 603 g/mol. The van der Waals surface area contributed by atoms with Crippen molar-refractivity contribution < 1.29 is 9.47 Å². The van der Waals surface area contributed by atoms with E-state index in [0.717, 1.165) is 88.2 Å². The van der Waals surface area contributed by atoms with E-state index in [1.807, 2.05) is 0 Å². The highest BCUT2D eigenvalue weighted by Gasteiger charge is 2.32. The van der Waals surface area contributed by atoms with Crippen LogP contribution in [0.3, 0.4) is 0 Å². The van der Waals surface area contributed by atoms with E-state index in [1.54, 1.807) is 18.3 Å². The topological polar surface area (TPSA) is 46.4 Å². The maximum Gasteiger partial charge on any atom is 0.135 e. The largest absolute Gasteiger partial charge is 0.501 e. The molecule has 0 saturated carbocycles. The average Bonchev–Trinajstić information content (AvgIpc) is 3.43. The SMILES string of the molecule is CCC1CC(=C2CCN(C3=NC=C(C)CCC4=C3C=C(C3=CC=CCC(OC)=C3)CCC4C)CC2)N=C(C)C1c1ccc(OC(C)C)cc1. The van der Waals surface area contributed by atoms with Crippen LogP contribution < -0.4 is 4.74 Å². The number of amidine groups is 1. The molecule has 1 aromatic rings. The molecular formula is C44H57N3O2. The van der Waals surface area contributed by atoms with Gasteiger partial charge in [0.15, 0.2) is 0 Å². The number of piperidine rings is 1. The third-order valence-corrected chi connectivity index (χ3v) is 11.1. The van der Waals surface area contributed by atoms with Crippen molar-refractivity contribution in [2.45, 2.75) is 111 Å². The number of likely N-dealkylation sites (tertiary alicyclic amines) is 1. The second kappa shape index (κ2) is 15.8. The Morgan fingerprint density at radius 2 is 1.76 bits per heavy atom. The summed E-state index contributed by atoms with van der Waals surface area (Å²) in [7, 11) is 1.78. The molecule has 2 aliphatic carbocycles. The van der Waals surface area contributed by atoms with Gasteiger partial charge in [-0.25, -0.2) is 4.99 Å². The van der Waals surface area contributed by atoms with Crippen LogP contribution in [0.2, 0.25) is 0 Å². The fraction of sp³-hybridized carbons (Fsp3) is 0.500. The smallest absolute Gasteiger partial charge is 0.135 e. The van der Waals surface area contributed by atoms with E-state index in [2.05, 4.69) is 107 Å². The Bertz CT molecular complexity index is 1660. The van der Waals surface area contributed by atoms with Crippen molar-refractivity contribution in [3.8, 4) is 5.75 Å². The summed E-state index contributed by atoms with van der Waals surface area (Å²) in [6.07, 6.45) is 23.2. The van der Waals surface area contributed by atoms with Gasteiger partial charge < -0.3 is 14.4 Å². The molecule has 260 valence electrons. The molecule has 3 unspecified atom stereocenters. The van der Waals surface area contributed by atoms with E-state index in [9.17, 15) is 0 Å². The number of rotatable bonds is 6. The van der Waals surface area contributed by atoms with Gasteiger partial charge in [-0.05, 0) is 131 Å². The van der Waals surface area contributed by atoms with E-state index in [-0.39, 0.29) is 6.10 Å². The molecule has 0 bridgehead atoms. The van der Waals surface area contributed by atoms with E-state index in [1.165, 1.54) is 39.3 Å². The Morgan fingerprint density at radius 3 is 2.47 bits per heavy atom. The fourth-order valence-electron chi connectivity index (χ4n) is 8.29. The van der Waals surface area contributed by atoms with Crippen LogP contribution in [-0.2, 0) is 4.74 Å². The summed E-state index contributed by atoms with van der Waals surface area (Å²) in [5.41, 5.74) is 12.4. The molecule has 1 saturated heterocycles. The normalized spacial score (nSPS) is 25.1. The number of aliphatic imine (C=N–C) groups is 2. The van der Waals surface area contributed by atoms with Gasteiger partial charge in [-0.3, -0.25) is 4.99 Å². The summed E-state index contributed by atoms with van der Waals surface area (Å²) in [5.74, 6) is 4.55. The molecule has 0 amide bonds. The highest BCUT2D eigenvalue weighted by molar-refractivity contribution is 6.02. The standard InChI is InChI=1S/C44H57N3O2/c1-8-33-27-42(46-32(6)43(33)35-16-18-38(19-17-35)49-29(2)3)34-21-23-47(24-22-34)44-41-26-37(36-11-9-10-12-39(25-36)48-7)15-14-31(5)40(41)20-13-30(4)28-45-44/h9-11,16-19,25-26,28-29,31,33,43H,8,12-15,20-24,27H2,1-7H3. The number of ether oxygens (including phenoxy) is 2. The Hall–Kier alpha value is -3.86. The summed E-state index contributed by atoms with van der Waals surface area (Å²) in [4.78, 5) is 13.2. The number of hydrogen-bond acceptors (Lipinski definition) is 5. The van der Waals surface area contributed by atoms with Crippen molar-refractivity contribution in [2.24, 2.45) is 21.8 Å². The quantitative estimate of drug-likeness (QED) is 0.305. The summed E-state index contributed by atoms with van der Waals surface area (Å²) in [5, 5.41) is 0. The molecule has 5 aliphatic rings. The highest BCUT2D eigenvalue weighted by Crippen LogP contribution is 2.42. The van der Waals surface area contributed by atoms with E-state index in [0.29, 0.717) is 17.8 Å². The third kappa shape index (κ3) is 8.14. The van der Waals surface area contributed by atoms with Crippen LogP contribution in [0.5, 0.6) is 5.75 Å². The molecule has 3 atom stereocenters. The lowest BCUT2D eigenvalue weighted by Gasteiger charge is -2.36. The first-order valence-corrected chi connectivity index (χ1v) is 18.8. The van der Waals surface area contributed by atoms with Gasteiger partial charge in [0.05, 0.1) is 19.0 Å². The Labute approximate surface area is 295 Å². The maximum atomic E-state index is 5.92. The molecule has 3 aliphatic heterocycles. The van der Waals surface area contributed by atoms with Crippen LogP contribution in [0, 0.1) is 11.8 Å². The predicted octanol–water partition coefficient (Wildman–Crippen LogP) is 11.0. The van der Waals surface area contributed by atoms with Crippen LogP contribution in [0.15, 0.2) is 116 Å². The summed E-state index contributed by atoms with van der Waals surface area (Å²) < 4.78 is 11.6. The van der Waals surface area contributed by atoms with Crippen molar-refractivity contribution in [3.05, 3.63) is 111 Å². The Balaban J connectivity index is 1.26. The van der Waals surface area contributed by atoms with Gasteiger partial charge >= 0.3 is 0 Å². The van der Waals surface area contributed by atoms with Gasteiger partial charge in [-0.15, -0.1) is 0 Å². The number of allylic oxidation sites excluding steroid dienone is 9. The number of nitrogens with zero attached hydrogens (tertiary/aromatic N) is 3. The zero-order chi connectivity index (χ0) is 34.5. The molecule has 0 spiro atoms. The van der Waals surface area contributed by atoms with E-state index >= 15 is 0 Å². The second-order valence-corrected chi connectivity index (χ2v) is 14.9. The minimum Gasteiger partial charge on any atom is -0.501 e. The van der Waals surface area contributed by atoms with Crippen molar-refractivity contribution in [1.29, 1.82) is 0 Å².